The zero-order valence-electron chi connectivity index (χ0n) is 10.7. The predicted octanol–water partition coefficient (Wildman–Crippen LogP) is 1.35. The van der Waals surface area contributed by atoms with Crippen molar-refractivity contribution in [2.75, 3.05) is 23.5 Å². The Morgan fingerprint density at radius 1 is 1.47 bits per heavy atom. The number of rotatable bonds is 6. The molecule has 19 heavy (non-hydrogen) atoms. The van der Waals surface area contributed by atoms with Gasteiger partial charge in [0.1, 0.15) is 11.6 Å². The van der Waals surface area contributed by atoms with E-state index >= 15 is 0 Å². The van der Waals surface area contributed by atoms with Crippen LogP contribution in [0.4, 0.5) is 5.13 Å². The Bertz CT molecular complexity index is 463. The molecule has 0 aliphatic carbocycles. The number of aryl methyl sites for hydroxylation is 1. The summed E-state index contributed by atoms with van der Waals surface area (Å²) in [7, 11) is 0. The van der Waals surface area contributed by atoms with Crippen molar-refractivity contribution >= 4 is 40.0 Å². The highest BCUT2D eigenvalue weighted by Gasteiger charge is 2.23. The zero-order chi connectivity index (χ0) is 13.7. The topological polar surface area (TPSA) is 75.2 Å². The molecule has 2 heterocycles. The van der Waals surface area contributed by atoms with Crippen LogP contribution in [0.1, 0.15) is 24.8 Å². The molecule has 0 radical (unpaired) electrons. The van der Waals surface area contributed by atoms with Crippen LogP contribution in [-0.4, -0.2) is 45.1 Å². The Morgan fingerprint density at radius 3 is 3.00 bits per heavy atom. The molecule has 1 saturated heterocycles. The van der Waals surface area contributed by atoms with E-state index in [1.807, 2.05) is 0 Å². The second kappa shape index (κ2) is 6.85. The monoisotopic (exact) mass is 300 g/mol. The maximum Gasteiger partial charge on any atom is 0.245 e. The molecular formula is C11H16N4O2S2. The van der Waals surface area contributed by atoms with Gasteiger partial charge in [-0.1, -0.05) is 24.7 Å². The van der Waals surface area contributed by atoms with Crippen LogP contribution in [-0.2, 0) is 16.0 Å². The summed E-state index contributed by atoms with van der Waals surface area (Å²) in [5.74, 6) is 0.854. The van der Waals surface area contributed by atoms with Gasteiger partial charge in [-0.25, -0.2) is 0 Å². The number of thioether (sulfide) groups is 1. The smallest absolute Gasteiger partial charge is 0.245 e. The van der Waals surface area contributed by atoms with Crippen molar-refractivity contribution in [2.24, 2.45) is 0 Å². The lowest BCUT2D eigenvalue weighted by Gasteiger charge is -2.12. The summed E-state index contributed by atoms with van der Waals surface area (Å²) in [5.41, 5.74) is 0. The molecule has 8 heteroatoms. The van der Waals surface area contributed by atoms with Crippen LogP contribution in [0.2, 0.25) is 0 Å². The third kappa shape index (κ3) is 4.17. The van der Waals surface area contributed by atoms with E-state index in [2.05, 4.69) is 22.4 Å². The normalized spacial score (nSPS) is 15.0. The maximum absolute atomic E-state index is 11.8. The molecule has 0 saturated carbocycles. The molecule has 104 valence electrons. The summed E-state index contributed by atoms with van der Waals surface area (Å²) in [6.45, 7) is 2.21. The number of nitrogens with one attached hydrogen (secondary N) is 1. The Kier molecular flexibility index (Phi) is 5.15. The van der Waals surface area contributed by atoms with E-state index in [1.54, 1.807) is 4.90 Å². The van der Waals surface area contributed by atoms with Gasteiger partial charge in [-0.05, 0) is 6.42 Å². The number of anilines is 1. The van der Waals surface area contributed by atoms with Crippen molar-refractivity contribution in [1.29, 1.82) is 0 Å². The highest BCUT2D eigenvalue weighted by Crippen LogP contribution is 2.18. The predicted molar refractivity (Wildman–Crippen MR) is 76.2 cm³/mol. The highest BCUT2D eigenvalue weighted by atomic mass is 32.2. The van der Waals surface area contributed by atoms with Crippen molar-refractivity contribution in [3.63, 3.8) is 0 Å². The van der Waals surface area contributed by atoms with Crippen LogP contribution in [0.5, 0.6) is 0 Å². The third-order valence-electron chi connectivity index (χ3n) is 2.62. The number of amides is 2. The van der Waals surface area contributed by atoms with Gasteiger partial charge >= 0.3 is 0 Å². The summed E-state index contributed by atoms with van der Waals surface area (Å²) in [6, 6.07) is 0. The SMILES string of the molecule is CCCCc1nnc(NC(=O)CN2CSCC2=O)s1. The Labute approximate surface area is 120 Å². The van der Waals surface area contributed by atoms with Crippen LogP contribution in [0, 0.1) is 0 Å². The Hall–Kier alpha value is -1.15. The Morgan fingerprint density at radius 2 is 2.32 bits per heavy atom. The van der Waals surface area contributed by atoms with E-state index in [-0.39, 0.29) is 18.4 Å². The van der Waals surface area contributed by atoms with Gasteiger partial charge < -0.3 is 4.90 Å². The number of unbranched alkanes of at least 4 members (excludes halogenated alkanes) is 1. The standard InChI is InChI=1S/C11H16N4O2S2/c1-2-3-4-9-13-14-11(19-9)12-8(16)5-15-7-18-6-10(15)17/h2-7H2,1H3,(H,12,14,16). The first-order valence-corrected chi connectivity index (χ1v) is 8.14. The molecule has 1 N–H and O–H groups in total. The van der Waals surface area contributed by atoms with Gasteiger partial charge in [0.05, 0.1) is 11.6 Å². The molecule has 0 aromatic carbocycles. The summed E-state index contributed by atoms with van der Waals surface area (Å²) >= 11 is 2.92. The Balaban J connectivity index is 1.81. The molecule has 1 fully saturated rings. The quantitative estimate of drug-likeness (QED) is 0.858. The van der Waals surface area contributed by atoms with E-state index in [0.29, 0.717) is 16.8 Å². The molecule has 2 amide bonds. The van der Waals surface area contributed by atoms with Gasteiger partial charge in [0, 0.05) is 6.42 Å². The van der Waals surface area contributed by atoms with Crippen LogP contribution in [0.25, 0.3) is 0 Å². The van der Waals surface area contributed by atoms with Crippen molar-refractivity contribution in [2.45, 2.75) is 26.2 Å². The highest BCUT2D eigenvalue weighted by molar-refractivity contribution is 8.00. The first-order chi connectivity index (χ1) is 9.19. The van der Waals surface area contributed by atoms with Gasteiger partial charge in [-0.3, -0.25) is 14.9 Å². The van der Waals surface area contributed by atoms with Crippen LogP contribution in [0.15, 0.2) is 0 Å². The van der Waals surface area contributed by atoms with Crippen molar-refractivity contribution in [3.05, 3.63) is 5.01 Å². The number of nitrogens with zero attached hydrogens (tertiary/aromatic N) is 3. The molecule has 0 bridgehead atoms. The maximum atomic E-state index is 11.8. The van der Waals surface area contributed by atoms with Gasteiger partial charge in [0.25, 0.3) is 0 Å². The fraction of sp³-hybridized carbons (Fsp3) is 0.636. The molecule has 1 aliphatic rings. The summed E-state index contributed by atoms with van der Waals surface area (Å²) in [6.07, 6.45) is 3.07. The van der Waals surface area contributed by atoms with Crippen LogP contribution >= 0.6 is 23.1 Å². The minimum atomic E-state index is -0.214. The van der Waals surface area contributed by atoms with Gasteiger partial charge in [-0.2, -0.15) is 0 Å². The van der Waals surface area contributed by atoms with E-state index in [1.165, 1.54) is 23.1 Å². The lowest BCUT2D eigenvalue weighted by atomic mass is 10.3. The molecule has 0 atom stereocenters. The number of carbonyl (C=O) groups excluding carboxylic acids is 2. The minimum Gasteiger partial charge on any atom is -0.323 e. The average Bonchev–Trinajstić information content (AvgIpc) is 2.97. The minimum absolute atomic E-state index is 0.0149. The number of hydrogen-bond acceptors (Lipinski definition) is 6. The van der Waals surface area contributed by atoms with Crippen LogP contribution < -0.4 is 5.32 Å². The van der Waals surface area contributed by atoms with Crippen molar-refractivity contribution in [1.82, 2.24) is 15.1 Å². The second-order valence-corrected chi connectivity index (χ2v) is 6.24. The van der Waals surface area contributed by atoms with E-state index < -0.39 is 0 Å². The lowest BCUT2D eigenvalue weighted by Crippen LogP contribution is -2.34. The average molecular weight is 300 g/mol. The van der Waals surface area contributed by atoms with Gasteiger partial charge in [0.2, 0.25) is 16.9 Å². The fourth-order valence-electron chi connectivity index (χ4n) is 1.61. The molecule has 0 unspecified atom stereocenters. The van der Waals surface area contributed by atoms with E-state index in [4.69, 9.17) is 0 Å². The molecule has 1 aliphatic heterocycles. The summed E-state index contributed by atoms with van der Waals surface area (Å²) in [5, 5.41) is 12.1. The van der Waals surface area contributed by atoms with Gasteiger partial charge in [-0.15, -0.1) is 22.0 Å². The number of aromatic nitrogens is 2. The van der Waals surface area contributed by atoms with Gasteiger partial charge in [0.15, 0.2) is 0 Å². The van der Waals surface area contributed by atoms with Crippen molar-refractivity contribution in [3.8, 4) is 0 Å². The first-order valence-electron chi connectivity index (χ1n) is 6.16. The molecule has 1 aromatic heterocycles. The molecule has 1 aromatic rings. The first kappa shape index (κ1) is 14.3. The second-order valence-electron chi connectivity index (χ2n) is 4.22. The zero-order valence-corrected chi connectivity index (χ0v) is 12.4. The molecular weight excluding hydrogens is 284 g/mol. The molecule has 0 spiro atoms. The third-order valence-corrected chi connectivity index (χ3v) is 4.46. The van der Waals surface area contributed by atoms with E-state index in [9.17, 15) is 9.59 Å². The van der Waals surface area contributed by atoms with Crippen molar-refractivity contribution < 1.29 is 9.59 Å². The lowest BCUT2D eigenvalue weighted by molar-refractivity contribution is -0.130. The fourth-order valence-corrected chi connectivity index (χ4v) is 3.31. The molecule has 2 rings (SSSR count). The van der Waals surface area contributed by atoms with Crippen LogP contribution in [0.3, 0.4) is 0 Å². The van der Waals surface area contributed by atoms with E-state index in [0.717, 1.165) is 24.3 Å². The number of hydrogen-bond donors (Lipinski definition) is 1. The summed E-state index contributed by atoms with van der Waals surface area (Å²) in [4.78, 5) is 24.7. The molecule has 6 nitrogen and oxygen atoms in total. The summed E-state index contributed by atoms with van der Waals surface area (Å²) < 4.78 is 0. The largest absolute Gasteiger partial charge is 0.323 e. The number of carbonyl (C=O) groups is 2.